The van der Waals surface area contributed by atoms with Crippen LogP contribution in [0.25, 0.3) is 0 Å². The molecule has 0 bridgehead atoms. The van der Waals surface area contributed by atoms with Crippen LogP contribution in [0.5, 0.6) is 0 Å². The van der Waals surface area contributed by atoms with E-state index in [4.69, 9.17) is 4.74 Å². The van der Waals surface area contributed by atoms with Crippen molar-refractivity contribution in [3.63, 3.8) is 0 Å². The lowest BCUT2D eigenvalue weighted by Gasteiger charge is -2.47. The molecule has 2 aliphatic heterocycles. The second kappa shape index (κ2) is 4.21. The van der Waals surface area contributed by atoms with E-state index in [0.29, 0.717) is 6.04 Å². The molecule has 2 fully saturated rings. The summed E-state index contributed by atoms with van der Waals surface area (Å²) in [6.45, 7) is 10.1. The fourth-order valence-corrected chi connectivity index (χ4v) is 1.69. The monoisotopic (exact) mass is 172 g/mol. The molecule has 2 rings (SSSR count). The molecule has 0 aromatic rings. The van der Waals surface area contributed by atoms with Gasteiger partial charge >= 0.3 is 0 Å². The highest BCUT2D eigenvalue weighted by Crippen LogP contribution is 2.18. The molecule has 3 heteroatoms. The van der Waals surface area contributed by atoms with Crippen LogP contribution < -0.4 is 10.6 Å². The van der Waals surface area contributed by atoms with Crippen molar-refractivity contribution < 1.29 is 4.74 Å². The molecular weight excluding hydrogens is 152 g/mol. The van der Waals surface area contributed by atoms with Gasteiger partial charge in [-0.3, -0.25) is 0 Å². The molecule has 1 spiro atoms. The normalized spacial score (nSPS) is 31.8. The number of nitrogens with one attached hydrogen (secondary N) is 2. The van der Waals surface area contributed by atoms with Crippen molar-refractivity contribution in [2.24, 2.45) is 0 Å². The Labute approximate surface area is 74.9 Å². The Morgan fingerprint density at radius 2 is 2.00 bits per heavy atom. The van der Waals surface area contributed by atoms with Crippen molar-refractivity contribution in [1.29, 1.82) is 0 Å². The van der Waals surface area contributed by atoms with Crippen LogP contribution >= 0.6 is 0 Å². The van der Waals surface area contributed by atoms with Gasteiger partial charge < -0.3 is 15.4 Å². The van der Waals surface area contributed by atoms with Gasteiger partial charge in [-0.25, -0.2) is 0 Å². The summed E-state index contributed by atoms with van der Waals surface area (Å²) in [7, 11) is 0. The van der Waals surface area contributed by atoms with Gasteiger partial charge in [-0.15, -0.1) is 0 Å². The topological polar surface area (TPSA) is 33.3 Å². The molecule has 1 unspecified atom stereocenters. The Morgan fingerprint density at radius 3 is 2.33 bits per heavy atom. The Kier molecular flexibility index (Phi) is 3.50. The van der Waals surface area contributed by atoms with Gasteiger partial charge in [0.25, 0.3) is 0 Å². The number of hydrogen-bond donors (Lipinski definition) is 2. The van der Waals surface area contributed by atoms with Crippen LogP contribution in [0.15, 0.2) is 0 Å². The Morgan fingerprint density at radius 1 is 1.33 bits per heavy atom. The van der Waals surface area contributed by atoms with Crippen molar-refractivity contribution >= 4 is 0 Å². The van der Waals surface area contributed by atoms with Crippen LogP contribution in [0, 0.1) is 0 Å². The molecule has 0 amide bonds. The van der Waals surface area contributed by atoms with Crippen molar-refractivity contribution in [2.75, 3.05) is 26.3 Å². The molecule has 0 saturated carbocycles. The molecule has 72 valence electrons. The summed E-state index contributed by atoms with van der Waals surface area (Å²) in [5.41, 5.74) is 0.289. The maximum Gasteiger partial charge on any atom is 0.0782 e. The molecule has 2 saturated heterocycles. The van der Waals surface area contributed by atoms with Crippen molar-refractivity contribution in [3.8, 4) is 0 Å². The molecular formula is C9H20N2O. The second-order valence-electron chi connectivity index (χ2n) is 3.45. The van der Waals surface area contributed by atoms with Gasteiger partial charge in [-0.05, 0) is 6.92 Å². The van der Waals surface area contributed by atoms with Crippen LogP contribution in [-0.2, 0) is 4.74 Å². The third-order valence-corrected chi connectivity index (χ3v) is 2.22. The molecule has 2 N–H and O–H groups in total. The van der Waals surface area contributed by atoms with E-state index in [0.717, 1.165) is 26.3 Å². The van der Waals surface area contributed by atoms with E-state index in [9.17, 15) is 0 Å². The summed E-state index contributed by atoms with van der Waals surface area (Å²) in [5.74, 6) is 0. The first kappa shape index (κ1) is 9.96. The van der Waals surface area contributed by atoms with Crippen molar-refractivity contribution in [2.45, 2.75) is 32.4 Å². The minimum absolute atomic E-state index is 0.289. The fourth-order valence-electron chi connectivity index (χ4n) is 1.69. The molecule has 3 nitrogen and oxygen atoms in total. The summed E-state index contributed by atoms with van der Waals surface area (Å²) in [5, 5.41) is 6.93. The van der Waals surface area contributed by atoms with Crippen LogP contribution in [0.3, 0.4) is 0 Å². The molecule has 0 radical (unpaired) electrons. The molecule has 12 heavy (non-hydrogen) atoms. The quantitative estimate of drug-likeness (QED) is 0.553. The fraction of sp³-hybridized carbons (Fsp3) is 1.00. The first-order valence-corrected chi connectivity index (χ1v) is 4.87. The Balaban J connectivity index is 0.000000336. The summed E-state index contributed by atoms with van der Waals surface area (Å²) in [6.07, 6.45) is 0. The smallest absolute Gasteiger partial charge is 0.0782 e. The number of hydrogen-bond acceptors (Lipinski definition) is 3. The van der Waals surface area contributed by atoms with Gasteiger partial charge in [-0.2, -0.15) is 0 Å². The van der Waals surface area contributed by atoms with Crippen LogP contribution in [0.1, 0.15) is 20.8 Å². The zero-order valence-corrected chi connectivity index (χ0v) is 8.31. The van der Waals surface area contributed by atoms with Crippen molar-refractivity contribution in [3.05, 3.63) is 0 Å². The summed E-state index contributed by atoms with van der Waals surface area (Å²) in [6, 6.07) is 0.595. The molecule has 2 heterocycles. The molecule has 0 aromatic heterocycles. The SMILES string of the molecule is CC.CC1CNCC2(COC2)N1. The third kappa shape index (κ3) is 1.97. The maximum absolute atomic E-state index is 5.16. The van der Waals surface area contributed by atoms with Gasteiger partial charge in [0.2, 0.25) is 0 Å². The van der Waals surface area contributed by atoms with E-state index in [1.165, 1.54) is 0 Å². The lowest BCUT2D eigenvalue weighted by atomic mass is 9.94. The van der Waals surface area contributed by atoms with Crippen LogP contribution in [0.4, 0.5) is 0 Å². The summed E-state index contributed by atoms with van der Waals surface area (Å²) in [4.78, 5) is 0. The Bertz CT molecular complexity index is 134. The zero-order chi connectivity index (χ0) is 9.03. The van der Waals surface area contributed by atoms with E-state index in [1.807, 2.05) is 13.8 Å². The van der Waals surface area contributed by atoms with E-state index in [2.05, 4.69) is 17.6 Å². The predicted octanol–water partition coefficient (Wildman–Crippen LogP) is 0.363. The lowest BCUT2D eigenvalue weighted by molar-refractivity contribution is -0.0851. The molecule has 2 aliphatic rings. The first-order chi connectivity index (χ1) is 5.81. The number of ether oxygens (including phenoxy) is 1. The maximum atomic E-state index is 5.16. The first-order valence-electron chi connectivity index (χ1n) is 4.87. The third-order valence-electron chi connectivity index (χ3n) is 2.22. The predicted molar refractivity (Wildman–Crippen MR) is 50.4 cm³/mol. The minimum Gasteiger partial charge on any atom is -0.377 e. The van der Waals surface area contributed by atoms with Gasteiger partial charge in [0.05, 0.1) is 18.8 Å². The average molecular weight is 172 g/mol. The van der Waals surface area contributed by atoms with E-state index < -0.39 is 0 Å². The van der Waals surface area contributed by atoms with E-state index in [1.54, 1.807) is 0 Å². The minimum atomic E-state index is 0.289. The lowest BCUT2D eigenvalue weighted by Crippen LogP contribution is -2.72. The second-order valence-corrected chi connectivity index (χ2v) is 3.45. The van der Waals surface area contributed by atoms with Crippen LogP contribution in [-0.4, -0.2) is 37.9 Å². The highest BCUT2D eigenvalue weighted by atomic mass is 16.5. The zero-order valence-electron chi connectivity index (χ0n) is 8.31. The van der Waals surface area contributed by atoms with E-state index >= 15 is 0 Å². The highest BCUT2D eigenvalue weighted by Gasteiger charge is 2.41. The standard InChI is InChI=1S/C7H14N2O.C2H6/c1-6-2-8-3-7(9-6)4-10-5-7;1-2/h6,8-9H,2-5H2,1H3;1-2H3. The van der Waals surface area contributed by atoms with E-state index in [-0.39, 0.29) is 5.54 Å². The Hall–Kier alpha value is -0.120. The highest BCUT2D eigenvalue weighted by molar-refractivity contribution is 5.00. The summed E-state index contributed by atoms with van der Waals surface area (Å²) < 4.78 is 5.16. The van der Waals surface area contributed by atoms with Gasteiger partial charge in [-0.1, -0.05) is 13.8 Å². The number of rotatable bonds is 0. The van der Waals surface area contributed by atoms with Gasteiger partial charge in [0.15, 0.2) is 0 Å². The average Bonchev–Trinajstić information content (AvgIpc) is 2.06. The van der Waals surface area contributed by atoms with Gasteiger partial charge in [0.1, 0.15) is 0 Å². The molecule has 0 aromatic carbocycles. The largest absolute Gasteiger partial charge is 0.377 e. The van der Waals surface area contributed by atoms with Gasteiger partial charge in [0, 0.05) is 19.1 Å². The van der Waals surface area contributed by atoms with Crippen LogP contribution in [0.2, 0.25) is 0 Å². The van der Waals surface area contributed by atoms with Crippen molar-refractivity contribution in [1.82, 2.24) is 10.6 Å². The molecule has 1 atom stereocenters. The summed E-state index contributed by atoms with van der Waals surface area (Å²) >= 11 is 0. The molecule has 0 aliphatic carbocycles. The number of piperazine rings is 1.